The van der Waals surface area contributed by atoms with Crippen LogP contribution in [-0.4, -0.2) is 26.2 Å². The Morgan fingerprint density at radius 1 is 1.31 bits per heavy atom. The maximum Gasteiger partial charge on any atom is 0.175 e. The second kappa shape index (κ2) is 5.98. The van der Waals surface area contributed by atoms with E-state index in [4.69, 9.17) is 0 Å². The summed E-state index contributed by atoms with van der Waals surface area (Å²) in [6.07, 6.45) is 1.22. The first-order valence-electron chi connectivity index (χ1n) is 4.97. The fourth-order valence-corrected chi connectivity index (χ4v) is 2.93. The first-order valence-corrected chi connectivity index (χ1v) is 8.48. The summed E-state index contributed by atoms with van der Waals surface area (Å²) in [4.78, 5) is 1.47. The van der Waals surface area contributed by atoms with Crippen molar-refractivity contribution in [3.05, 3.63) is 24.3 Å². The molecule has 1 rings (SSSR count). The second-order valence-electron chi connectivity index (χ2n) is 3.84. The smallest absolute Gasteiger partial charge is 0.175 e. The number of rotatable bonds is 5. The average molecular weight is 276 g/mol. The van der Waals surface area contributed by atoms with Crippen LogP contribution in [0.2, 0.25) is 0 Å². The third kappa shape index (κ3) is 4.39. The quantitative estimate of drug-likeness (QED) is 0.663. The van der Waals surface area contributed by atoms with Gasteiger partial charge in [0.25, 0.3) is 0 Å². The standard InChI is InChI=1S/C11H16O2S3/c1-9(7-14)8-15-10-3-5-11(6-4-10)16(2,12)13/h3-6,9,14H,7-8H2,1-2H3. The highest BCUT2D eigenvalue weighted by Crippen LogP contribution is 2.22. The van der Waals surface area contributed by atoms with Crippen molar-refractivity contribution in [1.82, 2.24) is 0 Å². The fraction of sp³-hybridized carbons (Fsp3) is 0.455. The number of thioether (sulfide) groups is 1. The molecular formula is C11H16O2S3. The summed E-state index contributed by atoms with van der Waals surface area (Å²) in [5.41, 5.74) is 0. The van der Waals surface area contributed by atoms with Crippen molar-refractivity contribution in [1.29, 1.82) is 0 Å². The maximum absolute atomic E-state index is 11.2. The lowest BCUT2D eigenvalue weighted by molar-refractivity contribution is 0.602. The van der Waals surface area contributed by atoms with Gasteiger partial charge in [-0.3, -0.25) is 0 Å². The Kier molecular flexibility index (Phi) is 5.21. The molecule has 0 radical (unpaired) electrons. The zero-order valence-electron chi connectivity index (χ0n) is 9.38. The van der Waals surface area contributed by atoms with Gasteiger partial charge in [-0.25, -0.2) is 8.42 Å². The summed E-state index contributed by atoms with van der Waals surface area (Å²) in [6, 6.07) is 7.02. The van der Waals surface area contributed by atoms with Gasteiger partial charge in [-0.05, 0) is 35.9 Å². The molecule has 5 heteroatoms. The van der Waals surface area contributed by atoms with Crippen LogP contribution in [0.15, 0.2) is 34.1 Å². The van der Waals surface area contributed by atoms with Gasteiger partial charge in [0.05, 0.1) is 4.90 Å². The van der Waals surface area contributed by atoms with Crippen molar-refractivity contribution in [2.75, 3.05) is 17.8 Å². The van der Waals surface area contributed by atoms with E-state index in [-0.39, 0.29) is 0 Å². The molecule has 0 fully saturated rings. The molecule has 1 aromatic carbocycles. The summed E-state index contributed by atoms with van der Waals surface area (Å²) in [7, 11) is -3.08. The van der Waals surface area contributed by atoms with Gasteiger partial charge in [-0.15, -0.1) is 11.8 Å². The Bertz CT molecular complexity index is 423. The van der Waals surface area contributed by atoms with E-state index < -0.39 is 9.84 Å². The Morgan fingerprint density at radius 2 is 1.88 bits per heavy atom. The highest BCUT2D eigenvalue weighted by atomic mass is 32.2. The SMILES string of the molecule is CC(CS)CSc1ccc(S(C)(=O)=O)cc1. The minimum Gasteiger partial charge on any atom is -0.224 e. The third-order valence-corrected chi connectivity index (χ3v) is 5.19. The molecule has 0 amide bonds. The molecule has 0 aromatic heterocycles. The first-order chi connectivity index (χ1) is 7.43. The number of hydrogen-bond acceptors (Lipinski definition) is 4. The fourth-order valence-electron chi connectivity index (χ4n) is 1.07. The van der Waals surface area contributed by atoms with E-state index >= 15 is 0 Å². The van der Waals surface area contributed by atoms with Gasteiger partial charge < -0.3 is 0 Å². The summed E-state index contributed by atoms with van der Waals surface area (Å²) in [5, 5.41) is 0. The Labute approximate surface area is 107 Å². The van der Waals surface area contributed by atoms with Gasteiger partial charge in [0, 0.05) is 16.9 Å². The zero-order valence-corrected chi connectivity index (χ0v) is 11.9. The predicted molar refractivity (Wildman–Crippen MR) is 73.3 cm³/mol. The summed E-state index contributed by atoms with van der Waals surface area (Å²) >= 11 is 5.95. The van der Waals surface area contributed by atoms with E-state index in [0.29, 0.717) is 10.8 Å². The van der Waals surface area contributed by atoms with Crippen LogP contribution in [0.5, 0.6) is 0 Å². The van der Waals surface area contributed by atoms with E-state index in [2.05, 4.69) is 19.6 Å². The molecule has 1 unspecified atom stereocenters. The van der Waals surface area contributed by atoms with E-state index in [0.717, 1.165) is 16.4 Å². The second-order valence-corrected chi connectivity index (χ2v) is 7.32. The van der Waals surface area contributed by atoms with Gasteiger partial charge >= 0.3 is 0 Å². The molecule has 0 aliphatic rings. The van der Waals surface area contributed by atoms with Crippen molar-refractivity contribution in [3.63, 3.8) is 0 Å². The average Bonchev–Trinajstić information content (AvgIpc) is 2.25. The normalized spacial score (nSPS) is 13.7. The summed E-state index contributed by atoms with van der Waals surface area (Å²) in [6.45, 7) is 2.14. The number of sulfone groups is 1. The minimum absolute atomic E-state index is 0.374. The lowest BCUT2D eigenvalue weighted by Crippen LogP contribution is -1.99. The summed E-state index contributed by atoms with van der Waals surface area (Å²) < 4.78 is 22.5. The van der Waals surface area contributed by atoms with Crippen LogP contribution in [0.25, 0.3) is 0 Å². The predicted octanol–water partition coefficient (Wildman–Crippen LogP) is 2.75. The van der Waals surface area contributed by atoms with Gasteiger partial charge in [-0.2, -0.15) is 12.6 Å². The maximum atomic E-state index is 11.2. The van der Waals surface area contributed by atoms with Crippen LogP contribution in [0.3, 0.4) is 0 Å². The number of benzene rings is 1. The topological polar surface area (TPSA) is 34.1 Å². The van der Waals surface area contributed by atoms with Crippen molar-refractivity contribution < 1.29 is 8.42 Å². The number of hydrogen-bond donors (Lipinski definition) is 1. The van der Waals surface area contributed by atoms with Crippen molar-refractivity contribution in [2.24, 2.45) is 5.92 Å². The molecule has 0 bridgehead atoms. The molecule has 90 valence electrons. The Hall–Kier alpha value is -0.130. The number of thiol groups is 1. The molecule has 0 spiro atoms. The molecule has 0 saturated carbocycles. The van der Waals surface area contributed by atoms with Gasteiger partial charge in [-0.1, -0.05) is 6.92 Å². The summed E-state index contributed by atoms with van der Waals surface area (Å²) in [5.74, 6) is 2.43. The van der Waals surface area contributed by atoms with Crippen molar-refractivity contribution in [2.45, 2.75) is 16.7 Å². The van der Waals surface area contributed by atoms with Crippen LogP contribution < -0.4 is 0 Å². The third-order valence-electron chi connectivity index (χ3n) is 2.10. The van der Waals surface area contributed by atoms with E-state index in [1.54, 1.807) is 23.9 Å². The molecular weight excluding hydrogens is 260 g/mol. The Morgan fingerprint density at radius 3 is 2.31 bits per heavy atom. The van der Waals surface area contributed by atoms with Crippen molar-refractivity contribution >= 4 is 34.2 Å². The zero-order chi connectivity index (χ0) is 12.2. The lowest BCUT2D eigenvalue weighted by atomic mass is 10.3. The molecule has 0 saturated heterocycles. The van der Waals surface area contributed by atoms with Crippen LogP contribution in [0.1, 0.15) is 6.92 Å². The van der Waals surface area contributed by atoms with E-state index in [9.17, 15) is 8.42 Å². The van der Waals surface area contributed by atoms with Gasteiger partial charge in [0.1, 0.15) is 0 Å². The molecule has 0 N–H and O–H groups in total. The van der Waals surface area contributed by atoms with E-state index in [1.807, 2.05) is 12.1 Å². The van der Waals surface area contributed by atoms with E-state index in [1.165, 1.54) is 6.26 Å². The highest BCUT2D eigenvalue weighted by Gasteiger charge is 2.06. The first kappa shape index (κ1) is 13.9. The largest absolute Gasteiger partial charge is 0.224 e. The monoisotopic (exact) mass is 276 g/mol. The Balaban J connectivity index is 2.66. The van der Waals surface area contributed by atoms with Crippen molar-refractivity contribution in [3.8, 4) is 0 Å². The van der Waals surface area contributed by atoms with Crippen LogP contribution in [0, 0.1) is 5.92 Å². The molecule has 1 aromatic rings. The lowest BCUT2D eigenvalue weighted by Gasteiger charge is -2.07. The van der Waals surface area contributed by atoms with Gasteiger partial charge in [0.15, 0.2) is 9.84 Å². The van der Waals surface area contributed by atoms with Crippen LogP contribution in [0.4, 0.5) is 0 Å². The molecule has 1 atom stereocenters. The molecule has 0 heterocycles. The van der Waals surface area contributed by atoms with Crippen LogP contribution in [-0.2, 0) is 9.84 Å². The van der Waals surface area contributed by atoms with Crippen LogP contribution >= 0.6 is 24.4 Å². The molecule has 2 nitrogen and oxygen atoms in total. The minimum atomic E-state index is -3.08. The molecule has 0 aliphatic carbocycles. The molecule has 0 aliphatic heterocycles. The van der Waals surface area contributed by atoms with Gasteiger partial charge in [0.2, 0.25) is 0 Å². The molecule has 16 heavy (non-hydrogen) atoms. The highest BCUT2D eigenvalue weighted by molar-refractivity contribution is 7.99.